The molecule has 1 aromatic rings. The Morgan fingerprint density at radius 3 is 2.40 bits per heavy atom. The van der Waals surface area contributed by atoms with Crippen molar-refractivity contribution >= 4 is 5.91 Å². The zero-order valence-corrected chi connectivity index (χ0v) is 8.79. The second-order valence-electron chi connectivity index (χ2n) is 3.40. The normalized spacial score (nSPS) is 9.20. The zero-order chi connectivity index (χ0) is 11.4. The third-order valence-electron chi connectivity index (χ3n) is 1.99. The topological polar surface area (TPSA) is 63.3 Å². The number of aryl methyl sites for hydroxylation is 2. The first-order chi connectivity index (χ1) is 7.00. The largest absolute Gasteiger partial charge is 0.507 e. The van der Waals surface area contributed by atoms with Gasteiger partial charge in [-0.15, -0.1) is 0 Å². The van der Waals surface area contributed by atoms with Crippen LogP contribution >= 0.6 is 0 Å². The summed E-state index contributed by atoms with van der Waals surface area (Å²) in [5.74, 6) is 5.34. The summed E-state index contributed by atoms with van der Waals surface area (Å²) in [5.41, 5.74) is 7.29. The molecule has 1 rings (SSSR count). The number of nitrogens with two attached hydrogens (primary N) is 1. The minimum absolute atomic E-state index is 0.0545. The molecule has 0 aliphatic heterocycles. The number of aromatic hydroxyl groups is 1. The Morgan fingerprint density at radius 2 is 1.93 bits per heavy atom. The van der Waals surface area contributed by atoms with Crippen LogP contribution in [0.5, 0.6) is 5.75 Å². The van der Waals surface area contributed by atoms with Gasteiger partial charge in [-0.1, -0.05) is 11.8 Å². The van der Waals surface area contributed by atoms with Gasteiger partial charge < -0.3 is 10.8 Å². The van der Waals surface area contributed by atoms with Crippen molar-refractivity contribution in [2.24, 2.45) is 5.73 Å². The first kappa shape index (κ1) is 11.1. The second-order valence-corrected chi connectivity index (χ2v) is 3.40. The Labute approximate surface area is 88.9 Å². The van der Waals surface area contributed by atoms with Crippen LogP contribution < -0.4 is 5.73 Å². The molecule has 15 heavy (non-hydrogen) atoms. The van der Waals surface area contributed by atoms with Gasteiger partial charge in [0.2, 0.25) is 5.91 Å². The quantitative estimate of drug-likeness (QED) is 0.674. The SMILES string of the molecule is Cc1cc(C#CCC(N)=O)cc(C)c1O. The molecule has 0 heterocycles. The van der Waals surface area contributed by atoms with E-state index in [0.717, 1.165) is 16.7 Å². The minimum Gasteiger partial charge on any atom is -0.507 e. The molecule has 0 aromatic heterocycles. The van der Waals surface area contributed by atoms with Gasteiger partial charge in [-0.05, 0) is 37.1 Å². The van der Waals surface area contributed by atoms with Gasteiger partial charge in [0, 0.05) is 5.56 Å². The van der Waals surface area contributed by atoms with Crippen molar-refractivity contribution in [1.82, 2.24) is 0 Å². The molecule has 3 heteroatoms. The smallest absolute Gasteiger partial charge is 0.229 e. The molecule has 0 aliphatic rings. The fourth-order valence-electron chi connectivity index (χ4n) is 1.26. The van der Waals surface area contributed by atoms with E-state index in [1.807, 2.05) is 13.8 Å². The lowest BCUT2D eigenvalue weighted by Crippen LogP contribution is -2.08. The number of carbonyl (C=O) groups excluding carboxylic acids is 1. The highest BCUT2D eigenvalue weighted by Crippen LogP contribution is 2.22. The van der Waals surface area contributed by atoms with E-state index >= 15 is 0 Å². The Kier molecular flexibility index (Phi) is 3.35. The van der Waals surface area contributed by atoms with Crippen LogP contribution in [0.4, 0.5) is 0 Å². The molecule has 0 spiro atoms. The molecule has 0 fully saturated rings. The molecule has 0 bridgehead atoms. The van der Waals surface area contributed by atoms with Crippen molar-refractivity contribution in [3.05, 3.63) is 28.8 Å². The Morgan fingerprint density at radius 1 is 1.40 bits per heavy atom. The molecule has 0 saturated heterocycles. The lowest BCUT2D eigenvalue weighted by atomic mass is 10.1. The average molecular weight is 203 g/mol. The number of carbonyl (C=O) groups is 1. The fourth-order valence-corrected chi connectivity index (χ4v) is 1.26. The second kappa shape index (κ2) is 4.52. The molecule has 78 valence electrons. The fraction of sp³-hybridized carbons (Fsp3) is 0.250. The molecular formula is C12H13NO2. The van der Waals surface area contributed by atoms with E-state index in [2.05, 4.69) is 11.8 Å². The summed E-state index contributed by atoms with van der Waals surface area (Å²) >= 11 is 0. The number of hydrogen-bond acceptors (Lipinski definition) is 2. The van der Waals surface area contributed by atoms with E-state index in [-0.39, 0.29) is 12.2 Å². The number of primary amides is 1. The van der Waals surface area contributed by atoms with E-state index in [1.54, 1.807) is 12.1 Å². The van der Waals surface area contributed by atoms with Gasteiger partial charge in [-0.2, -0.15) is 0 Å². The van der Waals surface area contributed by atoms with Crippen LogP contribution in [0.25, 0.3) is 0 Å². The van der Waals surface area contributed by atoms with Crippen LogP contribution in [-0.4, -0.2) is 11.0 Å². The van der Waals surface area contributed by atoms with Gasteiger partial charge in [0.05, 0.1) is 6.42 Å². The molecule has 1 amide bonds. The summed E-state index contributed by atoms with van der Waals surface area (Å²) in [6, 6.07) is 3.55. The highest BCUT2D eigenvalue weighted by Gasteiger charge is 2.01. The van der Waals surface area contributed by atoms with Gasteiger partial charge in [-0.3, -0.25) is 4.79 Å². The standard InChI is InChI=1S/C12H13NO2/c1-8-6-10(4-3-5-11(13)14)7-9(2)12(8)15/h6-7,15H,5H2,1-2H3,(H2,13,14). The summed E-state index contributed by atoms with van der Waals surface area (Å²) < 4.78 is 0. The molecule has 0 atom stereocenters. The number of phenols is 1. The lowest BCUT2D eigenvalue weighted by Gasteiger charge is -2.03. The summed E-state index contributed by atoms with van der Waals surface area (Å²) in [7, 11) is 0. The third-order valence-corrected chi connectivity index (χ3v) is 1.99. The number of phenolic OH excluding ortho intramolecular Hbond substituents is 1. The maximum Gasteiger partial charge on any atom is 0.229 e. The lowest BCUT2D eigenvalue weighted by molar-refractivity contribution is -0.117. The van der Waals surface area contributed by atoms with Crippen molar-refractivity contribution in [2.75, 3.05) is 0 Å². The maximum atomic E-state index is 10.5. The van der Waals surface area contributed by atoms with Crippen LogP contribution in [0.15, 0.2) is 12.1 Å². The monoisotopic (exact) mass is 203 g/mol. The Hall–Kier alpha value is -1.95. The van der Waals surface area contributed by atoms with Gasteiger partial charge in [0.15, 0.2) is 0 Å². The molecule has 1 aromatic carbocycles. The van der Waals surface area contributed by atoms with Crippen LogP contribution in [0, 0.1) is 25.7 Å². The molecule has 0 aliphatic carbocycles. The molecule has 0 radical (unpaired) electrons. The van der Waals surface area contributed by atoms with Crippen LogP contribution in [0.3, 0.4) is 0 Å². The van der Waals surface area contributed by atoms with E-state index in [4.69, 9.17) is 5.73 Å². The summed E-state index contributed by atoms with van der Waals surface area (Å²) in [5, 5.41) is 9.52. The van der Waals surface area contributed by atoms with Gasteiger partial charge >= 0.3 is 0 Å². The summed E-state index contributed by atoms with van der Waals surface area (Å²) in [4.78, 5) is 10.5. The van der Waals surface area contributed by atoms with E-state index < -0.39 is 5.91 Å². The molecule has 0 saturated carbocycles. The van der Waals surface area contributed by atoms with Gasteiger partial charge in [-0.25, -0.2) is 0 Å². The highest BCUT2D eigenvalue weighted by atomic mass is 16.3. The van der Waals surface area contributed by atoms with Gasteiger partial charge in [0.25, 0.3) is 0 Å². The molecule has 3 nitrogen and oxygen atoms in total. The predicted molar refractivity (Wildman–Crippen MR) is 58.3 cm³/mol. The summed E-state index contributed by atoms with van der Waals surface area (Å²) in [6.45, 7) is 3.61. The Balaban J connectivity index is 2.95. The van der Waals surface area contributed by atoms with Crippen molar-refractivity contribution in [3.8, 4) is 17.6 Å². The number of rotatable bonds is 1. The molecular weight excluding hydrogens is 190 g/mol. The Bertz CT molecular complexity index is 429. The predicted octanol–water partition coefficient (Wildman–Crippen LogP) is 1.24. The van der Waals surface area contributed by atoms with Crippen molar-refractivity contribution in [3.63, 3.8) is 0 Å². The highest BCUT2D eigenvalue weighted by molar-refractivity contribution is 5.76. The third kappa shape index (κ3) is 3.03. The molecule has 0 unspecified atom stereocenters. The van der Waals surface area contributed by atoms with Gasteiger partial charge in [0.1, 0.15) is 5.75 Å². The van der Waals surface area contributed by atoms with Crippen LogP contribution in [0.2, 0.25) is 0 Å². The van der Waals surface area contributed by atoms with Crippen molar-refractivity contribution in [2.45, 2.75) is 20.3 Å². The van der Waals surface area contributed by atoms with E-state index in [0.29, 0.717) is 0 Å². The first-order valence-corrected chi connectivity index (χ1v) is 4.58. The number of hydrogen-bond donors (Lipinski definition) is 2. The van der Waals surface area contributed by atoms with Crippen LogP contribution in [-0.2, 0) is 4.79 Å². The van der Waals surface area contributed by atoms with E-state index in [9.17, 15) is 9.90 Å². The van der Waals surface area contributed by atoms with Crippen molar-refractivity contribution < 1.29 is 9.90 Å². The zero-order valence-electron chi connectivity index (χ0n) is 8.79. The van der Waals surface area contributed by atoms with E-state index in [1.165, 1.54) is 0 Å². The first-order valence-electron chi connectivity index (χ1n) is 4.58. The van der Waals surface area contributed by atoms with Crippen LogP contribution in [0.1, 0.15) is 23.1 Å². The average Bonchev–Trinajstić information content (AvgIpc) is 2.13. The number of amides is 1. The van der Waals surface area contributed by atoms with Crippen molar-refractivity contribution in [1.29, 1.82) is 0 Å². The maximum absolute atomic E-state index is 10.5. The summed E-state index contributed by atoms with van der Waals surface area (Å²) in [6.07, 6.45) is 0.0545. The molecule has 3 N–H and O–H groups in total. The number of benzene rings is 1. The minimum atomic E-state index is -0.435.